The van der Waals surface area contributed by atoms with Crippen LogP contribution in [0.25, 0.3) is 0 Å². The molecule has 1 aromatic carbocycles. The first-order valence-corrected chi connectivity index (χ1v) is 7.09. The van der Waals surface area contributed by atoms with Crippen LogP contribution in [0.3, 0.4) is 0 Å². The second-order valence-electron chi connectivity index (χ2n) is 4.00. The molecule has 110 valence electrons. The first-order valence-electron chi connectivity index (χ1n) is 5.61. The molecule has 2 rings (SSSR count). The molecule has 0 fully saturated rings. The fourth-order valence-electron chi connectivity index (χ4n) is 1.66. The van der Waals surface area contributed by atoms with E-state index in [1.54, 1.807) is 18.2 Å². The SMILES string of the molecule is O=S1(=O)NC(=NCCOCC(F)(F)F)c2ccccc21. The number of amidine groups is 1. The predicted molar refractivity (Wildman–Crippen MR) is 65.0 cm³/mol. The monoisotopic (exact) mass is 308 g/mol. The summed E-state index contributed by atoms with van der Waals surface area (Å²) in [5.74, 6) is 0.121. The van der Waals surface area contributed by atoms with Gasteiger partial charge in [0.1, 0.15) is 12.4 Å². The van der Waals surface area contributed by atoms with Crippen LogP contribution in [0.4, 0.5) is 13.2 Å². The van der Waals surface area contributed by atoms with Crippen molar-refractivity contribution in [2.45, 2.75) is 11.1 Å². The highest BCUT2D eigenvalue weighted by Gasteiger charge is 2.30. The molecule has 0 unspecified atom stereocenters. The van der Waals surface area contributed by atoms with E-state index >= 15 is 0 Å². The standard InChI is InChI=1S/C11H11F3N2O3S/c12-11(13,14)7-19-6-5-15-10-8-3-1-2-4-9(8)20(17,18)16-10/h1-4H,5-7H2,(H,15,16). The van der Waals surface area contributed by atoms with Crippen LogP contribution in [0.1, 0.15) is 5.56 Å². The summed E-state index contributed by atoms with van der Waals surface area (Å²) in [5, 5.41) is 0. The molecule has 0 saturated heterocycles. The third-order valence-corrected chi connectivity index (χ3v) is 3.83. The van der Waals surface area contributed by atoms with Gasteiger partial charge >= 0.3 is 6.18 Å². The summed E-state index contributed by atoms with van der Waals surface area (Å²) in [4.78, 5) is 4.02. The van der Waals surface area contributed by atoms with Crippen LogP contribution in [-0.2, 0) is 14.8 Å². The van der Waals surface area contributed by atoms with Crippen molar-refractivity contribution in [2.75, 3.05) is 19.8 Å². The van der Waals surface area contributed by atoms with E-state index in [9.17, 15) is 21.6 Å². The minimum absolute atomic E-state index is 0.0672. The van der Waals surface area contributed by atoms with Gasteiger partial charge in [0.15, 0.2) is 0 Å². The van der Waals surface area contributed by atoms with E-state index in [2.05, 4.69) is 14.5 Å². The molecule has 0 aromatic heterocycles. The number of aliphatic imine (C=N–C) groups is 1. The lowest BCUT2D eigenvalue weighted by atomic mass is 10.2. The Morgan fingerprint density at radius 2 is 1.95 bits per heavy atom. The zero-order valence-electron chi connectivity index (χ0n) is 10.1. The molecule has 9 heteroatoms. The Hall–Kier alpha value is -1.61. The Bertz CT molecular complexity index is 626. The number of hydrogen-bond acceptors (Lipinski definition) is 4. The highest BCUT2D eigenvalue weighted by molar-refractivity contribution is 7.90. The molecule has 0 bridgehead atoms. The van der Waals surface area contributed by atoms with Gasteiger partial charge in [-0.2, -0.15) is 13.2 Å². The second kappa shape index (κ2) is 5.41. The van der Waals surface area contributed by atoms with E-state index in [0.29, 0.717) is 5.56 Å². The van der Waals surface area contributed by atoms with Gasteiger partial charge in [-0.25, -0.2) is 8.42 Å². The molecule has 1 aromatic rings. The van der Waals surface area contributed by atoms with Gasteiger partial charge in [0.25, 0.3) is 10.0 Å². The summed E-state index contributed by atoms with van der Waals surface area (Å²) in [6.45, 7) is -1.66. The van der Waals surface area contributed by atoms with Crippen molar-refractivity contribution < 1.29 is 26.3 Å². The fraction of sp³-hybridized carbons (Fsp3) is 0.364. The Balaban J connectivity index is 2.00. The molecule has 0 amide bonds. The molecular weight excluding hydrogens is 297 g/mol. The van der Waals surface area contributed by atoms with E-state index < -0.39 is 22.8 Å². The molecule has 0 atom stereocenters. The minimum atomic E-state index is -4.38. The third-order valence-electron chi connectivity index (χ3n) is 2.43. The molecule has 1 N–H and O–H groups in total. The van der Waals surface area contributed by atoms with Crippen LogP contribution in [-0.4, -0.2) is 40.2 Å². The third kappa shape index (κ3) is 3.48. The first-order chi connectivity index (χ1) is 9.30. The number of rotatable bonds is 4. The summed E-state index contributed by atoms with van der Waals surface area (Å²) < 4.78 is 65.5. The largest absolute Gasteiger partial charge is 0.411 e. The summed E-state index contributed by atoms with van der Waals surface area (Å²) in [7, 11) is -3.62. The summed E-state index contributed by atoms with van der Waals surface area (Å²) in [5.41, 5.74) is 0.406. The van der Waals surface area contributed by atoms with Gasteiger partial charge in [0.05, 0.1) is 18.0 Å². The Kier molecular flexibility index (Phi) is 4.00. The molecule has 1 aliphatic heterocycles. The topological polar surface area (TPSA) is 67.8 Å². The molecular formula is C11H11F3N2O3S. The second-order valence-corrected chi connectivity index (χ2v) is 5.65. The zero-order chi connectivity index (χ0) is 14.8. The molecule has 20 heavy (non-hydrogen) atoms. The van der Waals surface area contributed by atoms with Crippen molar-refractivity contribution in [3.63, 3.8) is 0 Å². The quantitative estimate of drug-likeness (QED) is 0.853. The average molecular weight is 308 g/mol. The molecule has 0 radical (unpaired) electrons. The van der Waals surface area contributed by atoms with Gasteiger partial charge in [-0.3, -0.25) is 9.71 Å². The summed E-state index contributed by atoms with van der Waals surface area (Å²) in [6.07, 6.45) is -4.38. The van der Waals surface area contributed by atoms with Crippen molar-refractivity contribution in [1.82, 2.24) is 4.72 Å². The van der Waals surface area contributed by atoms with Crippen molar-refractivity contribution in [2.24, 2.45) is 4.99 Å². The van der Waals surface area contributed by atoms with Gasteiger partial charge in [-0.1, -0.05) is 12.1 Å². The Labute approximate surface area is 113 Å². The molecule has 1 aliphatic rings. The number of hydrogen-bond donors (Lipinski definition) is 1. The highest BCUT2D eigenvalue weighted by Crippen LogP contribution is 2.22. The maximum absolute atomic E-state index is 11.8. The van der Waals surface area contributed by atoms with Crippen LogP contribution in [0.2, 0.25) is 0 Å². The lowest BCUT2D eigenvalue weighted by molar-refractivity contribution is -0.173. The average Bonchev–Trinajstić information content (AvgIpc) is 2.60. The zero-order valence-corrected chi connectivity index (χ0v) is 11.0. The van der Waals surface area contributed by atoms with Gasteiger partial charge in [-0.15, -0.1) is 0 Å². The minimum Gasteiger partial charge on any atom is -0.370 e. The van der Waals surface area contributed by atoms with Crippen molar-refractivity contribution >= 4 is 15.9 Å². The van der Waals surface area contributed by atoms with Crippen molar-refractivity contribution in [1.29, 1.82) is 0 Å². The molecule has 0 aliphatic carbocycles. The van der Waals surface area contributed by atoms with E-state index in [-0.39, 0.29) is 23.9 Å². The molecule has 0 spiro atoms. The van der Waals surface area contributed by atoms with Gasteiger partial charge in [-0.05, 0) is 12.1 Å². The number of nitrogens with zero attached hydrogens (tertiary/aromatic N) is 1. The van der Waals surface area contributed by atoms with Gasteiger partial charge in [0.2, 0.25) is 0 Å². The number of halogens is 3. The molecule has 1 heterocycles. The van der Waals surface area contributed by atoms with E-state index in [0.717, 1.165) is 0 Å². The number of fused-ring (bicyclic) bond motifs is 1. The predicted octanol–water partition coefficient (Wildman–Crippen LogP) is 1.30. The van der Waals surface area contributed by atoms with Crippen molar-refractivity contribution in [3.05, 3.63) is 29.8 Å². The number of benzene rings is 1. The highest BCUT2D eigenvalue weighted by atomic mass is 32.2. The van der Waals surface area contributed by atoms with Gasteiger partial charge < -0.3 is 4.74 Å². The van der Waals surface area contributed by atoms with Crippen LogP contribution < -0.4 is 4.72 Å². The smallest absolute Gasteiger partial charge is 0.370 e. The molecule has 5 nitrogen and oxygen atoms in total. The van der Waals surface area contributed by atoms with E-state index in [1.807, 2.05) is 0 Å². The Morgan fingerprint density at radius 3 is 2.65 bits per heavy atom. The maximum Gasteiger partial charge on any atom is 0.411 e. The van der Waals surface area contributed by atoms with E-state index in [1.165, 1.54) is 6.07 Å². The number of ether oxygens (including phenoxy) is 1. The van der Waals surface area contributed by atoms with Crippen LogP contribution in [0, 0.1) is 0 Å². The van der Waals surface area contributed by atoms with Crippen LogP contribution >= 0.6 is 0 Å². The molecule has 0 saturated carbocycles. The summed E-state index contributed by atoms with van der Waals surface area (Å²) in [6, 6.07) is 6.23. The number of alkyl halides is 3. The fourth-order valence-corrected chi connectivity index (χ4v) is 2.91. The normalized spacial score (nSPS) is 18.9. The maximum atomic E-state index is 11.8. The lowest BCUT2D eigenvalue weighted by Crippen LogP contribution is -2.23. The van der Waals surface area contributed by atoms with Crippen molar-refractivity contribution in [3.8, 4) is 0 Å². The first kappa shape index (κ1) is 14.8. The number of nitrogens with one attached hydrogen (secondary N) is 1. The van der Waals surface area contributed by atoms with Crippen LogP contribution in [0.15, 0.2) is 34.2 Å². The van der Waals surface area contributed by atoms with E-state index in [4.69, 9.17) is 0 Å². The van der Waals surface area contributed by atoms with Crippen LogP contribution in [0.5, 0.6) is 0 Å². The summed E-state index contributed by atoms with van der Waals surface area (Å²) >= 11 is 0. The Morgan fingerprint density at radius 1 is 1.25 bits per heavy atom. The van der Waals surface area contributed by atoms with Gasteiger partial charge in [0, 0.05) is 5.56 Å². The lowest BCUT2D eigenvalue weighted by Gasteiger charge is -2.06. The number of sulfonamides is 1.